The van der Waals surface area contributed by atoms with Gasteiger partial charge in [-0.2, -0.15) is 0 Å². The molecule has 0 radical (unpaired) electrons. The maximum Gasteiger partial charge on any atom is 0.314 e. The number of hydrogen-bond acceptors (Lipinski definition) is 3. The van der Waals surface area contributed by atoms with Gasteiger partial charge in [0.05, 0.1) is 4.92 Å². The second-order valence-electron chi connectivity index (χ2n) is 2.95. The minimum Gasteiger partial charge on any atom is -0.500 e. The largest absolute Gasteiger partial charge is 0.500 e. The van der Waals surface area contributed by atoms with Crippen molar-refractivity contribution >= 4 is 5.69 Å². The van der Waals surface area contributed by atoms with E-state index in [1.54, 1.807) is 0 Å². The van der Waals surface area contributed by atoms with E-state index in [1.807, 2.05) is 6.92 Å². The number of hydrogen-bond donors (Lipinski definition) is 1. The Hall–Kier alpha value is -1.65. The minimum atomic E-state index is -0.942. The van der Waals surface area contributed by atoms with Crippen LogP contribution in [0.5, 0.6) is 5.75 Å². The SMILES string of the molecule is CCCc1cc(F)c(O)c([N+](=O)[O-])c1. The monoisotopic (exact) mass is 199 g/mol. The molecular weight excluding hydrogens is 189 g/mol. The molecule has 5 heteroatoms. The van der Waals surface area contributed by atoms with E-state index in [2.05, 4.69) is 0 Å². The first-order valence-corrected chi connectivity index (χ1v) is 4.22. The topological polar surface area (TPSA) is 63.4 Å². The maximum atomic E-state index is 13.0. The van der Waals surface area contributed by atoms with E-state index in [0.29, 0.717) is 12.0 Å². The summed E-state index contributed by atoms with van der Waals surface area (Å²) in [5.41, 5.74) is -0.0528. The molecule has 0 aromatic heterocycles. The summed E-state index contributed by atoms with van der Waals surface area (Å²) >= 11 is 0. The molecule has 0 atom stereocenters. The van der Waals surface area contributed by atoms with Gasteiger partial charge in [-0.25, -0.2) is 4.39 Å². The first-order valence-electron chi connectivity index (χ1n) is 4.22. The van der Waals surface area contributed by atoms with Crippen LogP contribution in [0.25, 0.3) is 0 Å². The van der Waals surface area contributed by atoms with Crippen LogP contribution in [-0.2, 0) is 6.42 Å². The summed E-state index contributed by atoms with van der Waals surface area (Å²) in [7, 11) is 0. The second kappa shape index (κ2) is 4.04. The number of rotatable bonds is 3. The summed E-state index contributed by atoms with van der Waals surface area (Å²) in [6, 6.07) is 2.31. The Balaban J connectivity index is 3.21. The third-order valence-electron chi connectivity index (χ3n) is 1.84. The van der Waals surface area contributed by atoms with Gasteiger partial charge in [0.25, 0.3) is 0 Å². The number of nitrogens with zero attached hydrogens (tertiary/aromatic N) is 1. The normalized spacial score (nSPS) is 10.1. The number of nitro groups is 1. The van der Waals surface area contributed by atoms with Crippen molar-refractivity contribution in [1.29, 1.82) is 0 Å². The molecule has 14 heavy (non-hydrogen) atoms. The number of aromatic hydroxyl groups is 1. The average molecular weight is 199 g/mol. The molecular formula is C9H10FNO3. The Morgan fingerprint density at radius 2 is 2.21 bits per heavy atom. The van der Waals surface area contributed by atoms with Crippen LogP contribution in [0.2, 0.25) is 0 Å². The second-order valence-corrected chi connectivity index (χ2v) is 2.95. The molecule has 0 amide bonds. The molecule has 1 rings (SSSR count). The van der Waals surface area contributed by atoms with E-state index in [-0.39, 0.29) is 0 Å². The molecule has 0 aliphatic rings. The predicted molar refractivity (Wildman–Crippen MR) is 48.7 cm³/mol. The molecule has 0 heterocycles. The van der Waals surface area contributed by atoms with Crippen LogP contribution < -0.4 is 0 Å². The molecule has 1 N–H and O–H groups in total. The number of benzene rings is 1. The van der Waals surface area contributed by atoms with E-state index < -0.39 is 22.2 Å². The molecule has 0 saturated heterocycles. The zero-order valence-corrected chi connectivity index (χ0v) is 7.66. The summed E-state index contributed by atoms with van der Waals surface area (Å²) < 4.78 is 13.0. The highest BCUT2D eigenvalue weighted by atomic mass is 19.1. The Morgan fingerprint density at radius 3 is 2.71 bits per heavy atom. The smallest absolute Gasteiger partial charge is 0.314 e. The van der Waals surface area contributed by atoms with Gasteiger partial charge in [-0.05, 0) is 18.1 Å². The van der Waals surface area contributed by atoms with E-state index in [0.717, 1.165) is 12.5 Å². The Labute approximate surface area is 80.1 Å². The lowest BCUT2D eigenvalue weighted by Crippen LogP contribution is -1.94. The molecule has 1 aromatic rings. The maximum absolute atomic E-state index is 13.0. The van der Waals surface area contributed by atoms with Crippen LogP contribution in [-0.4, -0.2) is 10.0 Å². The van der Waals surface area contributed by atoms with Gasteiger partial charge < -0.3 is 5.11 Å². The number of phenols is 1. The molecule has 1 aromatic carbocycles. The fourth-order valence-electron chi connectivity index (χ4n) is 1.21. The van der Waals surface area contributed by atoms with E-state index in [9.17, 15) is 14.5 Å². The first-order chi connectivity index (χ1) is 6.56. The van der Waals surface area contributed by atoms with Crippen molar-refractivity contribution in [1.82, 2.24) is 0 Å². The fourth-order valence-corrected chi connectivity index (χ4v) is 1.21. The van der Waals surface area contributed by atoms with Crippen molar-refractivity contribution in [3.8, 4) is 5.75 Å². The predicted octanol–water partition coefficient (Wildman–Crippen LogP) is 2.39. The van der Waals surface area contributed by atoms with E-state index in [4.69, 9.17) is 5.11 Å². The van der Waals surface area contributed by atoms with Crippen molar-refractivity contribution < 1.29 is 14.4 Å². The van der Waals surface area contributed by atoms with Crippen LogP contribution >= 0.6 is 0 Å². The van der Waals surface area contributed by atoms with Gasteiger partial charge in [-0.15, -0.1) is 0 Å². The highest BCUT2D eigenvalue weighted by molar-refractivity contribution is 5.48. The highest BCUT2D eigenvalue weighted by Gasteiger charge is 2.18. The fraction of sp³-hybridized carbons (Fsp3) is 0.333. The third-order valence-corrected chi connectivity index (χ3v) is 1.84. The van der Waals surface area contributed by atoms with Crippen LogP contribution in [0.1, 0.15) is 18.9 Å². The van der Waals surface area contributed by atoms with Gasteiger partial charge >= 0.3 is 5.69 Å². The average Bonchev–Trinajstić information content (AvgIpc) is 2.11. The summed E-state index contributed by atoms with van der Waals surface area (Å²) in [6.45, 7) is 1.89. The van der Waals surface area contributed by atoms with Gasteiger partial charge in [-0.1, -0.05) is 13.3 Å². The lowest BCUT2D eigenvalue weighted by atomic mass is 10.1. The van der Waals surface area contributed by atoms with Crippen molar-refractivity contribution in [2.24, 2.45) is 0 Å². The molecule has 0 fully saturated rings. The molecule has 0 spiro atoms. The number of halogens is 1. The first kappa shape index (κ1) is 10.4. The van der Waals surface area contributed by atoms with Crippen molar-refractivity contribution in [3.05, 3.63) is 33.6 Å². The number of nitro benzene ring substituents is 1. The highest BCUT2D eigenvalue weighted by Crippen LogP contribution is 2.30. The van der Waals surface area contributed by atoms with Gasteiger partial charge in [0.1, 0.15) is 0 Å². The molecule has 0 aliphatic heterocycles. The Kier molecular flexibility index (Phi) is 3.01. The lowest BCUT2D eigenvalue weighted by Gasteiger charge is -2.01. The summed E-state index contributed by atoms with van der Waals surface area (Å²) in [5.74, 6) is -1.84. The van der Waals surface area contributed by atoms with E-state index in [1.165, 1.54) is 6.07 Å². The van der Waals surface area contributed by atoms with Crippen molar-refractivity contribution in [2.45, 2.75) is 19.8 Å². The third kappa shape index (κ3) is 1.99. The van der Waals surface area contributed by atoms with Crippen molar-refractivity contribution in [3.63, 3.8) is 0 Å². The van der Waals surface area contributed by atoms with Crippen molar-refractivity contribution in [2.75, 3.05) is 0 Å². The standard InChI is InChI=1S/C9H10FNO3/c1-2-3-6-4-7(10)9(12)8(5-6)11(13)14/h4-5,12H,2-3H2,1H3. The molecule has 0 bridgehead atoms. The molecule has 76 valence electrons. The van der Waals surface area contributed by atoms with Gasteiger partial charge in [-0.3, -0.25) is 10.1 Å². The quantitative estimate of drug-likeness (QED) is 0.600. The van der Waals surface area contributed by atoms with Crippen LogP contribution in [0.4, 0.5) is 10.1 Å². The number of phenolic OH excluding ortho intramolecular Hbond substituents is 1. The van der Waals surface area contributed by atoms with Crippen LogP contribution in [0, 0.1) is 15.9 Å². The minimum absolute atomic E-state index is 0.523. The van der Waals surface area contributed by atoms with Gasteiger partial charge in [0.2, 0.25) is 5.75 Å². The van der Waals surface area contributed by atoms with Crippen LogP contribution in [0.3, 0.4) is 0 Å². The molecule has 4 nitrogen and oxygen atoms in total. The van der Waals surface area contributed by atoms with Crippen LogP contribution in [0.15, 0.2) is 12.1 Å². The van der Waals surface area contributed by atoms with Gasteiger partial charge in [0.15, 0.2) is 5.82 Å². The lowest BCUT2D eigenvalue weighted by molar-refractivity contribution is -0.386. The molecule has 0 saturated carbocycles. The van der Waals surface area contributed by atoms with Gasteiger partial charge in [0, 0.05) is 6.07 Å². The summed E-state index contributed by atoms with van der Waals surface area (Å²) in [4.78, 5) is 9.62. The summed E-state index contributed by atoms with van der Waals surface area (Å²) in [6.07, 6.45) is 1.32. The zero-order valence-electron chi connectivity index (χ0n) is 7.66. The molecule has 0 aliphatic carbocycles. The molecule has 0 unspecified atom stereocenters. The Morgan fingerprint density at radius 1 is 1.57 bits per heavy atom. The summed E-state index contributed by atoms with van der Waals surface area (Å²) in [5, 5.41) is 19.5. The zero-order chi connectivity index (χ0) is 10.7. The van der Waals surface area contributed by atoms with E-state index >= 15 is 0 Å². The number of aryl methyl sites for hydroxylation is 1. The Bertz CT molecular complexity index is 365.